The minimum absolute atomic E-state index is 0.110. The summed E-state index contributed by atoms with van der Waals surface area (Å²) in [5.41, 5.74) is 0. The van der Waals surface area contributed by atoms with Crippen LogP contribution in [0.15, 0.2) is 0 Å². The largest absolute Gasteiger partial charge is 0.330 e. The third kappa shape index (κ3) is 0.640. The highest BCUT2D eigenvalue weighted by Crippen LogP contribution is 2.68. The van der Waals surface area contributed by atoms with Gasteiger partial charge in [0.05, 0.1) is 5.92 Å². The van der Waals surface area contributed by atoms with Gasteiger partial charge in [-0.25, -0.2) is 0 Å². The van der Waals surface area contributed by atoms with Crippen molar-refractivity contribution in [2.24, 2.45) is 23.7 Å². The molecule has 4 heterocycles. The Morgan fingerprint density at radius 2 is 1.87 bits per heavy atom. The second-order valence-corrected chi connectivity index (χ2v) is 5.09. The van der Waals surface area contributed by atoms with Gasteiger partial charge in [0.25, 0.3) is 5.97 Å². The Hall–Kier alpha value is -0.200. The van der Waals surface area contributed by atoms with Crippen LogP contribution in [-0.2, 0) is 23.7 Å². The lowest BCUT2D eigenvalue weighted by Crippen LogP contribution is -2.42. The molecule has 1 saturated carbocycles. The molecular weight excluding hydrogens is 200 g/mol. The van der Waals surface area contributed by atoms with Crippen molar-refractivity contribution < 1.29 is 23.7 Å². The molecule has 5 heteroatoms. The van der Waals surface area contributed by atoms with Gasteiger partial charge in [0.15, 0.2) is 18.9 Å². The van der Waals surface area contributed by atoms with Crippen molar-refractivity contribution in [2.75, 3.05) is 7.11 Å². The van der Waals surface area contributed by atoms with Crippen LogP contribution in [0, 0.1) is 23.7 Å². The van der Waals surface area contributed by atoms with Crippen LogP contribution in [0.2, 0.25) is 0 Å². The summed E-state index contributed by atoms with van der Waals surface area (Å²) >= 11 is 0. The van der Waals surface area contributed by atoms with Crippen molar-refractivity contribution in [3.8, 4) is 0 Å². The van der Waals surface area contributed by atoms with Gasteiger partial charge in [0.2, 0.25) is 0 Å². The van der Waals surface area contributed by atoms with Crippen molar-refractivity contribution in [2.45, 2.75) is 31.3 Å². The first-order chi connectivity index (χ1) is 7.32. The molecule has 0 aromatic rings. The molecule has 0 radical (unpaired) electrons. The number of hydrogen-bond donors (Lipinski definition) is 0. The van der Waals surface area contributed by atoms with Gasteiger partial charge in [-0.1, -0.05) is 0 Å². The van der Waals surface area contributed by atoms with Crippen LogP contribution in [0.4, 0.5) is 0 Å². The zero-order chi connectivity index (χ0) is 9.78. The van der Waals surface area contributed by atoms with Crippen LogP contribution >= 0.6 is 0 Å². The van der Waals surface area contributed by atoms with E-state index in [2.05, 4.69) is 0 Å². The number of rotatable bonds is 1. The normalized spacial score (nSPS) is 72.2. The molecule has 4 aliphatic heterocycles. The van der Waals surface area contributed by atoms with E-state index in [4.69, 9.17) is 23.7 Å². The monoisotopic (exact) mass is 212 g/mol. The molecule has 15 heavy (non-hydrogen) atoms. The van der Waals surface area contributed by atoms with Gasteiger partial charge in [-0.3, -0.25) is 9.47 Å². The van der Waals surface area contributed by atoms with Crippen LogP contribution in [0.3, 0.4) is 0 Å². The van der Waals surface area contributed by atoms with Gasteiger partial charge in [0.1, 0.15) is 0 Å². The molecule has 2 bridgehead atoms. The number of hydrogen-bond acceptors (Lipinski definition) is 5. The Bertz CT molecular complexity index is 341. The topological polar surface area (TPSA) is 46.2 Å². The van der Waals surface area contributed by atoms with E-state index in [1.807, 2.05) is 0 Å². The Kier molecular flexibility index (Phi) is 1.12. The summed E-state index contributed by atoms with van der Waals surface area (Å²) in [6.07, 6.45) is 0.649. The standard InChI is InChI=1S/C10H12O5/c1-11-10-6-4-2-3-5(6)9(15-10)13-7(3)12-8(4)14-10/h3-9H,2H2,1H3/t3-,4+,5-,6-,7+,8-,9+,10+/m1/s1. The predicted molar refractivity (Wildman–Crippen MR) is 44.0 cm³/mol. The smallest absolute Gasteiger partial charge is 0.291 e. The Morgan fingerprint density at radius 3 is 2.73 bits per heavy atom. The van der Waals surface area contributed by atoms with Crippen molar-refractivity contribution >= 4 is 0 Å². The third-order valence-electron chi connectivity index (χ3n) is 4.72. The molecule has 5 fully saturated rings. The molecule has 0 aromatic carbocycles. The minimum atomic E-state index is -0.884. The summed E-state index contributed by atoms with van der Waals surface area (Å²) < 4.78 is 28.6. The van der Waals surface area contributed by atoms with Crippen LogP contribution in [-0.4, -0.2) is 32.0 Å². The molecule has 0 spiro atoms. The van der Waals surface area contributed by atoms with Crippen LogP contribution < -0.4 is 0 Å². The molecule has 5 aliphatic rings. The summed E-state index contributed by atoms with van der Waals surface area (Å²) in [6, 6.07) is 0. The average molecular weight is 212 g/mol. The van der Waals surface area contributed by atoms with Crippen molar-refractivity contribution in [3.05, 3.63) is 0 Å². The molecule has 8 atom stereocenters. The first-order valence-corrected chi connectivity index (χ1v) is 5.54. The summed E-state index contributed by atoms with van der Waals surface area (Å²) in [6.45, 7) is 0. The van der Waals surface area contributed by atoms with E-state index in [-0.39, 0.29) is 18.9 Å². The zero-order valence-corrected chi connectivity index (χ0v) is 8.29. The van der Waals surface area contributed by atoms with Gasteiger partial charge in [-0.15, -0.1) is 0 Å². The lowest BCUT2D eigenvalue weighted by atomic mass is 9.90. The summed E-state index contributed by atoms with van der Waals surface area (Å²) in [7, 11) is 1.63. The SMILES string of the molecule is CO[C@@]12O[C@H]3O[C@H]4O[C@@H](O1)[C@@H]1[C@H]4C[C@H]3[C@H]12. The first-order valence-electron chi connectivity index (χ1n) is 5.54. The van der Waals surface area contributed by atoms with E-state index in [1.165, 1.54) is 0 Å². The Balaban J connectivity index is 1.74. The maximum atomic E-state index is 5.80. The Labute approximate surface area is 86.6 Å². The quantitative estimate of drug-likeness (QED) is 0.623. The lowest BCUT2D eigenvalue weighted by Gasteiger charge is -2.34. The third-order valence-corrected chi connectivity index (χ3v) is 4.72. The van der Waals surface area contributed by atoms with Crippen LogP contribution in [0.5, 0.6) is 0 Å². The lowest BCUT2D eigenvalue weighted by molar-refractivity contribution is -0.443. The van der Waals surface area contributed by atoms with Crippen LogP contribution in [0.1, 0.15) is 6.42 Å². The first kappa shape index (κ1) is 7.97. The molecule has 82 valence electrons. The highest BCUT2D eigenvalue weighted by Gasteiger charge is 2.78. The van der Waals surface area contributed by atoms with Gasteiger partial charge in [-0.05, 0) is 6.42 Å². The van der Waals surface area contributed by atoms with E-state index in [0.29, 0.717) is 23.7 Å². The fourth-order valence-corrected chi connectivity index (χ4v) is 4.26. The van der Waals surface area contributed by atoms with E-state index in [1.54, 1.807) is 7.11 Å². The molecule has 1 aliphatic carbocycles. The van der Waals surface area contributed by atoms with E-state index in [9.17, 15) is 0 Å². The maximum absolute atomic E-state index is 5.80. The fourth-order valence-electron chi connectivity index (χ4n) is 4.26. The highest BCUT2D eigenvalue weighted by atomic mass is 17.0. The predicted octanol–water partition coefficient (Wildman–Crippen LogP) is 0.254. The van der Waals surface area contributed by atoms with Gasteiger partial charge < -0.3 is 14.2 Å². The fraction of sp³-hybridized carbons (Fsp3) is 1.00. The highest BCUT2D eigenvalue weighted by molar-refractivity contribution is 5.11. The van der Waals surface area contributed by atoms with Gasteiger partial charge in [-0.2, -0.15) is 0 Å². The van der Waals surface area contributed by atoms with Crippen LogP contribution in [0.25, 0.3) is 0 Å². The van der Waals surface area contributed by atoms with Gasteiger partial charge >= 0.3 is 0 Å². The maximum Gasteiger partial charge on any atom is 0.291 e. The molecule has 5 nitrogen and oxygen atoms in total. The second kappa shape index (κ2) is 2.10. The summed E-state index contributed by atoms with van der Waals surface area (Å²) in [5, 5.41) is 0. The summed E-state index contributed by atoms with van der Waals surface area (Å²) in [4.78, 5) is 0. The number of methoxy groups -OCH3 is 1. The molecule has 5 rings (SSSR count). The van der Waals surface area contributed by atoms with E-state index < -0.39 is 5.97 Å². The van der Waals surface area contributed by atoms with Gasteiger partial charge in [0, 0.05) is 24.9 Å². The Morgan fingerprint density at radius 1 is 1.07 bits per heavy atom. The summed E-state index contributed by atoms with van der Waals surface area (Å²) in [5.74, 6) is 0.750. The van der Waals surface area contributed by atoms with E-state index >= 15 is 0 Å². The van der Waals surface area contributed by atoms with Crippen molar-refractivity contribution in [1.82, 2.24) is 0 Å². The van der Waals surface area contributed by atoms with E-state index in [0.717, 1.165) is 6.42 Å². The second-order valence-electron chi connectivity index (χ2n) is 5.09. The average Bonchev–Trinajstić information content (AvgIpc) is 2.86. The molecular formula is C10H12O5. The van der Waals surface area contributed by atoms with Crippen molar-refractivity contribution in [3.63, 3.8) is 0 Å². The number of ether oxygens (including phenoxy) is 5. The molecule has 0 amide bonds. The molecule has 0 N–H and O–H groups in total. The molecule has 0 aromatic heterocycles. The minimum Gasteiger partial charge on any atom is -0.330 e. The molecule has 4 saturated heterocycles. The molecule has 0 unspecified atom stereocenters. The van der Waals surface area contributed by atoms with Crippen molar-refractivity contribution in [1.29, 1.82) is 0 Å². The zero-order valence-electron chi connectivity index (χ0n) is 8.29.